The van der Waals surface area contributed by atoms with Gasteiger partial charge in [-0.05, 0) is 116 Å². The standard InChI is InChI=1S/C74H124O6/c1-4-7-10-13-16-19-22-25-27-29-31-32-33-34-35-36-37-38-39-40-41-42-43-45-46-49-52-55-58-61-64-67-73(76)79-70-71(69-78-72(75)66-63-60-57-54-51-48-24-21-18-15-12-9-6-3)80-74(77)68-65-62-59-56-53-50-47-44-30-28-26-23-20-17-14-11-8-5-2/h7,10,16,19-20,23,25,27-28,30-32,34-35,37-38,40-41,43,45,71H,4-6,8-9,11-15,17-18,21-22,24,26,29,33,36,39,42,44,46-70H2,1-3H3/b10-7-,19-16-,23-20-,27-25-,30-28-,32-31-,35-34-,38-37-,41-40-,45-43-. The highest BCUT2D eigenvalue weighted by Crippen LogP contribution is 2.16. The third kappa shape index (κ3) is 64.6. The molecule has 1 atom stereocenters. The summed E-state index contributed by atoms with van der Waals surface area (Å²) < 4.78 is 16.9. The fourth-order valence-corrected chi connectivity index (χ4v) is 9.20. The number of carbonyl (C=O) groups is 3. The van der Waals surface area contributed by atoms with E-state index in [-0.39, 0.29) is 31.1 Å². The number of esters is 3. The number of unbranched alkanes of at least 4 members (excludes halogenated alkanes) is 29. The molecule has 0 aliphatic carbocycles. The van der Waals surface area contributed by atoms with Gasteiger partial charge in [0.25, 0.3) is 0 Å². The van der Waals surface area contributed by atoms with Crippen molar-refractivity contribution in [2.24, 2.45) is 0 Å². The summed E-state index contributed by atoms with van der Waals surface area (Å²) in [4.78, 5) is 38.3. The van der Waals surface area contributed by atoms with Gasteiger partial charge in [-0.1, -0.05) is 296 Å². The van der Waals surface area contributed by atoms with E-state index < -0.39 is 6.10 Å². The van der Waals surface area contributed by atoms with Crippen molar-refractivity contribution in [3.63, 3.8) is 0 Å². The zero-order valence-electron chi connectivity index (χ0n) is 52.3. The van der Waals surface area contributed by atoms with Crippen molar-refractivity contribution in [2.75, 3.05) is 13.2 Å². The molecule has 0 aliphatic rings. The van der Waals surface area contributed by atoms with Gasteiger partial charge >= 0.3 is 17.9 Å². The van der Waals surface area contributed by atoms with E-state index in [1.54, 1.807) is 0 Å². The van der Waals surface area contributed by atoms with Crippen molar-refractivity contribution in [3.05, 3.63) is 122 Å². The van der Waals surface area contributed by atoms with E-state index in [4.69, 9.17) is 14.2 Å². The topological polar surface area (TPSA) is 78.9 Å². The maximum absolute atomic E-state index is 12.9. The molecule has 0 rings (SSSR count). The molecule has 0 fully saturated rings. The van der Waals surface area contributed by atoms with Crippen molar-refractivity contribution in [1.29, 1.82) is 0 Å². The largest absolute Gasteiger partial charge is 0.462 e. The number of carbonyl (C=O) groups excluding carboxylic acids is 3. The van der Waals surface area contributed by atoms with E-state index in [1.807, 2.05) is 0 Å². The minimum atomic E-state index is -0.791. The molecule has 80 heavy (non-hydrogen) atoms. The molecule has 1 unspecified atom stereocenters. The molecule has 6 nitrogen and oxygen atoms in total. The van der Waals surface area contributed by atoms with E-state index in [9.17, 15) is 14.4 Å². The Bertz CT molecular complexity index is 1650. The van der Waals surface area contributed by atoms with Crippen LogP contribution in [0.15, 0.2) is 122 Å². The SMILES string of the molecule is CC/C=C\C/C=C\C/C=C\C/C=C\C/C=C\C/C=C\C/C=C\C/C=C\CCCCCCCCC(=O)OCC(COC(=O)CCCCCCCCCCCCCCC)OC(=O)CCCCCCCCC/C=C\C/C=C\CCCCCC. The van der Waals surface area contributed by atoms with Crippen LogP contribution < -0.4 is 0 Å². The number of hydrogen-bond acceptors (Lipinski definition) is 6. The van der Waals surface area contributed by atoms with Crippen LogP contribution in [0, 0.1) is 0 Å². The second-order valence-electron chi connectivity index (χ2n) is 22.0. The number of rotatable bonds is 60. The van der Waals surface area contributed by atoms with Crippen molar-refractivity contribution in [3.8, 4) is 0 Å². The molecule has 0 aromatic heterocycles. The highest BCUT2D eigenvalue weighted by atomic mass is 16.6. The van der Waals surface area contributed by atoms with Crippen LogP contribution in [0.4, 0.5) is 0 Å². The average Bonchev–Trinajstić information content (AvgIpc) is 3.46. The van der Waals surface area contributed by atoms with Crippen molar-refractivity contribution in [2.45, 2.75) is 316 Å². The van der Waals surface area contributed by atoms with Crippen LogP contribution in [0.1, 0.15) is 310 Å². The minimum absolute atomic E-state index is 0.0850. The third-order valence-corrected chi connectivity index (χ3v) is 14.2. The van der Waals surface area contributed by atoms with Gasteiger partial charge in [-0.3, -0.25) is 14.4 Å². The van der Waals surface area contributed by atoms with E-state index in [1.165, 1.54) is 135 Å². The van der Waals surface area contributed by atoms with Gasteiger partial charge in [-0.15, -0.1) is 0 Å². The van der Waals surface area contributed by atoms with Crippen LogP contribution >= 0.6 is 0 Å². The monoisotopic (exact) mass is 1110 g/mol. The van der Waals surface area contributed by atoms with Crippen molar-refractivity contribution >= 4 is 17.9 Å². The van der Waals surface area contributed by atoms with Gasteiger partial charge < -0.3 is 14.2 Å². The zero-order valence-corrected chi connectivity index (χ0v) is 52.3. The average molecular weight is 1110 g/mol. The Labute approximate surface area is 494 Å². The first-order chi connectivity index (χ1) is 39.5. The van der Waals surface area contributed by atoms with E-state index in [0.29, 0.717) is 19.3 Å². The Hall–Kier alpha value is -4.19. The van der Waals surface area contributed by atoms with Gasteiger partial charge in [-0.2, -0.15) is 0 Å². The van der Waals surface area contributed by atoms with Crippen LogP contribution in [0.25, 0.3) is 0 Å². The first-order valence-corrected chi connectivity index (χ1v) is 33.5. The lowest BCUT2D eigenvalue weighted by atomic mass is 10.0. The second kappa shape index (κ2) is 67.3. The molecule has 0 bridgehead atoms. The Kier molecular flexibility index (Phi) is 63.8. The highest BCUT2D eigenvalue weighted by Gasteiger charge is 2.19. The lowest BCUT2D eigenvalue weighted by Gasteiger charge is -2.18. The van der Waals surface area contributed by atoms with Crippen molar-refractivity contribution in [1.82, 2.24) is 0 Å². The molecule has 0 amide bonds. The number of ether oxygens (including phenoxy) is 3. The van der Waals surface area contributed by atoms with Crippen LogP contribution in [0.2, 0.25) is 0 Å². The first-order valence-electron chi connectivity index (χ1n) is 33.5. The lowest BCUT2D eigenvalue weighted by molar-refractivity contribution is -0.167. The quantitative estimate of drug-likeness (QED) is 0.0261. The Morgan fingerprint density at radius 1 is 0.263 bits per heavy atom. The van der Waals surface area contributed by atoms with Crippen LogP contribution in [-0.4, -0.2) is 37.2 Å². The summed E-state index contributed by atoms with van der Waals surface area (Å²) in [5.41, 5.74) is 0. The van der Waals surface area contributed by atoms with Gasteiger partial charge in [0.1, 0.15) is 13.2 Å². The molecule has 456 valence electrons. The van der Waals surface area contributed by atoms with Gasteiger partial charge in [0.15, 0.2) is 6.10 Å². The highest BCUT2D eigenvalue weighted by molar-refractivity contribution is 5.71. The maximum Gasteiger partial charge on any atom is 0.306 e. The summed E-state index contributed by atoms with van der Waals surface area (Å²) >= 11 is 0. The summed E-state index contributed by atoms with van der Waals surface area (Å²) in [5.74, 6) is -0.900. The lowest BCUT2D eigenvalue weighted by Crippen LogP contribution is -2.30. The van der Waals surface area contributed by atoms with Crippen LogP contribution in [0.3, 0.4) is 0 Å². The van der Waals surface area contributed by atoms with Gasteiger partial charge in [0, 0.05) is 19.3 Å². The molecule has 0 spiro atoms. The predicted octanol–water partition coefficient (Wildman–Crippen LogP) is 23.2. The molecule has 0 saturated carbocycles. The summed E-state index contributed by atoms with van der Waals surface area (Å²) in [6.07, 6.45) is 93.5. The summed E-state index contributed by atoms with van der Waals surface area (Å²) in [7, 11) is 0. The summed E-state index contributed by atoms with van der Waals surface area (Å²) in [6, 6.07) is 0. The van der Waals surface area contributed by atoms with Crippen LogP contribution in [-0.2, 0) is 28.6 Å². The molecular weight excluding hydrogens is 985 g/mol. The molecular formula is C74H124O6. The first kappa shape index (κ1) is 75.8. The Morgan fingerprint density at radius 2 is 0.487 bits per heavy atom. The molecule has 0 aromatic rings. The fourth-order valence-electron chi connectivity index (χ4n) is 9.20. The van der Waals surface area contributed by atoms with Gasteiger partial charge in [0.05, 0.1) is 0 Å². The van der Waals surface area contributed by atoms with E-state index in [0.717, 1.165) is 135 Å². The third-order valence-electron chi connectivity index (χ3n) is 14.2. The Balaban J connectivity index is 4.34. The molecule has 0 aromatic carbocycles. The maximum atomic E-state index is 12.9. The minimum Gasteiger partial charge on any atom is -0.462 e. The summed E-state index contributed by atoms with van der Waals surface area (Å²) in [5, 5.41) is 0. The molecule has 0 aliphatic heterocycles. The normalized spacial score (nSPS) is 12.9. The predicted molar refractivity (Wildman–Crippen MR) is 348 cm³/mol. The number of allylic oxidation sites excluding steroid dienone is 20. The van der Waals surface area contributed by atoms with Gasteiger partial charge in [0.2, 0.25) is 0 Å². The second-order valence-corrected chi connectivity index (χ2v) is 22.0. The van der Waals surface area contributed by atoms with E-state index in [2.05, 4.69) is 142 Å². The summed E-state index contributed by atoms with van der Waals surface area (Å²) in [6.45, 7) is 6.51. The molecule has 0 N–H and O–H groups in total. The van der Waals surface area contributed by atoms with Crippen LogP contribution in [0.5, 0.6) is 0 Å². The smallest absolute Gasteiger partial charge is 0.306 e. The molecule has 0 saturated heterocycles. The number of hydrogen-bond donors (Lipinski definition) is 0. The van der Waals surface area contributed by atoms with Gasteiger partial charge in [-0.25, -0.2) is 0 Å². The van der Waals surface area contributed by atoms with Crippen molar-refractivity contribution < 1.29 is 28.6 Å². The molecule has 6 heteroatoms. The fraction of sp³-hybridized carbons (Fsp3) is 0.689. The Morgan fingerprint density at radius 3 is 0.775 bits per heavy atom. The van der Waals surface area contributed by atoms with E-state index >= 15 is 0 Å². The molecule has 0 radical (unpaired) electrons. The zero-order chi connectivity index (χ0) is 57.8. The molecule has 0 heterocycles.